The Hall–Kier alpha value is -3.66. The molecule has 4 rings (SSSR count). The molecule has 0 aliphatic carbocycles. The molecule has 0 aliphatic heterocycles. The number of aromatic nitrogens is 1. The van der Waals surface area contributed by atoms with Gasteiger partial charge < -0.3 is 10.1 Å². The SMILES string of the molecule is CCOc1cccc(-c2cc(C(=O)NC(C)c3ccc(C(C)(C)C)cc3)c3ccccc3n2)c1. The van der Waals surface area contributed by atoms with Crippen LogP contribution in [0.5, 0.6) is 5.75 Å². The predicted molar refractivity (Wildman–Crippen MR) is 139 cm³/mol. The van der Waals surface area contributed by atoms with Crippen LogP contribution in [0, 0.1) is 0 Å². The van der Waals surface area contributed by atoms with E-state index in [1.807, 2.05) is 68.4 Å². The smallest absolute Gasteiger partial charge is 0.252 e. The second kappa shape index (κ2) is 9.68. The lowest BCUT2D eigenvalue weighted by atomic mass is 9.86. The van der Waals surface area contributed by atoms with E-state index in [0.29, 0.717) is 12.2 Å². The first-order chi connectivity index (χ1) is 16.3. The van der Waals surface area contributed by atoms with Gasteiger partial charge in [0.05, 0.1) is 29.4 Å². The molecule has 0 saturated heterocycles. The third kappa shape index (κ3) is 5.12. The Morgan fingerprint density at radius 3 is 2.41 bits per heavy atom. The Bertz CT molecular complexity index is 1300. The number of hydrogen-bond donors (Lipinski definition) is 1. The van der Waals surface area contributed by atoms with Crippen LogP contribution in [0.3, 0.4) is 0 Å². The molecule has 34 heavy (non-hydrogen) atoms. The summed E-state index contributed by atoms with van der Waals surface area (Å²) in [6.45, 7) is 11.2. The van der Waals surface area contributed by atoms with Crippen LogP contribution in [0.2, 0.25) is 0 Å². The van der Waals surface area contributed by atoms with Crippen LogP contribution >= 0.6 is 0 Å². The van der Waals surface area contributed by atoms with Crippen LogP contribution in [-0.4, -0.2) is 17.5 Å². The lowest BCUT2D eigenvalue weighted by molar-refractivity contribution is 0.0941. The van der Waals surface area contributed by atoms with Crippen molar-refractivity contribution in [1.82, 2.24) is 10.3 Å². The highest BCUT2D eigenvalue weighted by Crippen LogP contribution is 2.28. The van der Waals surface area contributed by atoms with Crippen LogP contribution < -0.4 is 10.1 Å². The summed E-state index contributed by atoms with van der Waals surface area (Å²) in [4.78, 5) is 18.3. The van der Waals surface area contributed by atoms with Crippen LogP contribution in [0.15, 0.2) is 78.9 Å². The molecule has 0 saturated carbocycles. The third-order valence-corrected chi connectivity index (χ3v) is 6.03. The van der Waals surface area contributed by atoms with Gasteiger partial charge in [-0.3, -0.25) is 4.79 Å². The lowest BCUT2D eigenvalue weighted by Crippen LogP contribution is -2.27. The van der Waals surface area contributed by atoms with Crippen molar-refractivity contribution >= 4 is 16.8 Å². The number of nitrogens with zero attached hydrogens (tertiary/aromatic N) is 1. The molecular weight excluding hydrogens is 420 g/mol. The first-order valence-corrected chi connectivity index (χ1v) is 11.8. The van der Waals surface area contributed by atoms with Crippen LogP contribution in [0.1, 0.15) is 62.1 Å². The minimum absolute atomic E-state index is 0.0941. The van der Waals surface area contributed by atoms with Gasteiger partial charge in [-0.15, -0.1) is 0 Å². The zero-order valence-corrected chi connectivity index (χ0v) is 20.6. The van der Waals surface area contributed by atoms with E-state index in [4.69, 9.17) is 9.72 Å². The molecule has 1 unspecified atom stereocenters. The number of nitrogens with one attached hydrogen (secondary N) is 1. The van der Waals surface area contributed by atoms with Crippen molar-refractivity contribution in [3.05, 3.63) is 95.6 Å². The number of fused-ring (bicyclic) bond motifs is 1. The van der Waals surface area contributed by atoms with Crippen molar-refractivity contribution < 1.29 is 9.53 Å². The summed E-state index contributed by atoms with van der Waals surface area (Å²) in [6.07, 6.45) is 0. The number of rotatable bonds is 6. The largest absolute Gasteiger partial charge is 0.494 e. The Morgan fingerprint density at radius 1 is 0.971 bits per heavy atom. The second-order valence-electron chi connectivity index (χ2n) is 9.60. The molecule has 1 N–H and O–H groups in total. The number of benzene rings is 3. The average molecular weight is 453 g/mol. The molecule has 1 heterocycles. The van der Waals surface area contributed by atoms with Gasteiger partial charge >= 0.3 is 0 Å². The molecule has 1 aromatic heterocycles. The normalized spacial score (nSPS) is 12.4. The van der Waals surface area contributed by atoms with Gasteiger partial charge in [0, 0.05) is 10.9 Å². The highest BCUT2D eigenvalue weighted by Gasteiger charge is 2.18. The molecular formula is C30H32N2O2. The van der Waals surface area contributed by atoms with Crippen LogP contribution in [0.25, 0.3) is 22.2 Å². The number of carbonyl (C=O) groups excluding carboxylic acids is 1. The topological polar surface area (TPSA) is 51.2 Å². The first-order valence-electron chi connectivity index (χ1n) is 11.8. The maximum atomic E-state index is 13.5. The van der Waals surface area contributed by atoms with Gasteiger partial charge in [-0.05, 0) is 54.7 Å². The fourth-order valence-corrected chi connectivity index (χ4v) is 4.05. The maximum absolute atomic E-state index is 13.5. The summed E-state index contributed by atoms with van der Waals surface area (Å²) in [5.74, 6) is 0.668. The van der Waals surface area contributed by atoms with Crippen molar-refractivity contribution in [2.24, 2.45) is 0 Å². The van der Waals surface area contributed by atoms with E-state index in [-0.39, 0.29) is 17.4 Å². The highest BCUT2D eigenvalue weighted by atomic mass is 16.5. The van der Waals surface area contributed by atoms with Crippen molar-refractivity contribution in [1.29, 1.82) is 0 Å². The van der Waals surface area contributed by atoms with Crippen LogP contribution in [-0.2, 0) is 5.41 Å². The lowest BCUT2D eigenvalue weighted by Gasteiger charge is -2.21. The minimum atomic E-state index is -0.127. The van der Waals surface area contributed by atoms with Gasteiger partial charge in [-0.2, -0.15) is 0 Å². The van der Waals surface area contributed by atoms with Gasteiger partial charge in [0.1, 0.15) is 5.75 Å². The zero-order valence-electron chi connectivity index (χ0n) is 20.6. The molecule has 4 nitrogen and oxygen atoms in total. The number of ether oxygens (including phenoxy) is 1. The highest BCUT2D eigenvalue weighted by molar-refractivity contribution is 6.07. The standard InChI is InChI=1S/C30H32N2O2/c1-6-34-24-11-9-10-22(18-24)28-19-26(25-12-7-8-13-27(25)32-28)29(33)31-20(2)21-14-16-23(17-15-21)30(3,4)5/h7-20H,6H2,1-5H3,(H,31,33). The van der Waals surface area contributed by atoms with Crippen molar-refractivity contribution in [3.8, 4) is 17.0 Å². The van der Waals surface area contributed by atoms with Crippen molar-refractivity contribution in [2.75, 3.05) is 6.61 Å². The number of amides is 1. The van der Waals surface area contributed by atoms with E-state index >= 15 is 0 Å². The van der Waals surface area contributed by atoms with E-state index < -0.39 is 0 Å². The summed E-state index contributed by atoms with van der Waals surface area (Å²) in [5.41, 5.74) is 5.49. The van der Waals surface area contributed by atoms with E-state index in [9.17, 15) is 4.79 Å². The summed E-state index contributed by atoms with van der Waals surface area (Å²) in [5, 5.41) is 4.02. The number of para-hydroxylation sites is 1. The number of pyridine rings is 1. The summed E-state index contributed by atoms with van der Waals surface area (Å²) >= 11 is 0. The molecule has 1 atom stereocenters. The van der Waals surface area contributed by atoms with Crippen LogP contribution in [0.4, 0.5) is 0 Å². The van der Waals surface area contributed by atoms with E-state index in [2.05, 4.69) is 50.4 Å². The Kier molecular flexibility index (Phi) is 6.69. The van der Waals surface area contributed by atoms with Gasteiger partial charge in [0.15, 0.2) is 0 Å². The van der Waals surface area contributed by atoms with E-state index in [0.717, 1.165) is 33.5 Å². The number of hydrogen-bond acceptors (Lipinski definition) is 3. The third-order valence-electron chi connectivity index (χ3n) is 6.03. The first kappa shape index (κ1) is 23.5. The molecule has 0 fully saturated rings. The van der Waals surface area contributed by atoms with Crippen molar-refractivity contribution in [3.63, 3.8) is 0 Å². The molecule has 1 amide bonds. The molecule has 4 aromatic rings. The number of carbonyl (C=O) groups is 1. The van der Waals surface area contributed by atoms with E-state index in [1.54, 1.807) is 0 Å². The minimum Gasteiger partial charge on any atom is -0.494 e. The predicted octanol–water partition coefficient (Wildman–Crippen LogP) is 7.09. The second-order valence-corrected chi connectivity index (χ2v) is 9.60. The summed E-state index contributed by atoms with van der Waals surface area (Å²) in [7, 11) is 0. The fraction of sp³-hybridized carbons (Fsp3) is 0.267. The molecule has 0 spiro atoms. The quantitative estimate of drug-likeness (QED) is 0.340. The average Bonchev–Trinajstić information content (AvgIpc) is 2.83. The zero-order chi connectivity index (χ0) is 24.3. The summed E-state index contributed by atoms with van der Waals surface area (Å²) < 4.78 is 5.66. The van der Waals surface area contributed by atoms with Gasteiger partial charge in [0.25, 0.3) is 5.91 Å². The Balaban J connectivity index is 1.66. The monoisotopic (exact) mass is 452 g/mol. The molecule has 3 aromatic carbocycles. The fourth-order valence-electron chi connectivity index (χ4n) is 4.05. The molecule has 174 valence electrons. The van der Waals surface area contributed by atoms with E-state index in [1.165, 1.54) is 5.56 Å². The Labute approximate surface area is 202 Å². The Morgan fingerprint density at radius 2 is 1.71 bits per heavy atom. The molecule has 4 heteroatoms. The maximum Gasteiger partial charge on any atom is 0.252 e. The molecule has 0 radical (unpaired) electrons. The summed E-state index contributed by atoms with van der Waals surface area (Å²) in [6, 6.07) is 25.8. The van der Waals surface area contributed by atoms with Gasteiger partial charge in [-0.1, -0.05) is 75.4 Å². The van der Waals surface area contributed by atoms with Crippen molar-refractivity contribution in [2.45, 2.75) is 46.1 Å². The van der Waals surface area contributed by atoms with Gasteiger partial charge in [0.2, 0.25) is 0 Å². The molecule has 0 aliphatic rings. The molecule has 0 bridgehead atoms. The van der Waals surface area contributed by atoms with Gasteiger partial charge in [-0.25, -0.2) is 4.98 Å².